The van der Waals surface area contributed by atoms with Gasteiger partial charge in [-0.3, -0.25) is 0 Å². The highest BCUT2D eigenvalue weighted by molar-refractivity contribution is 5.47. The summed E-state index contributed by atoms with van der Waals surface area (Å²) in [5.74, 6) is 0. The molecule has 1 N–H and O–H groups in total. The van der Waals surface area contributed by atoms with E-state index in [1.165, 1.54) is 5.57 Å². The lowest BCUT2D eigenvalue weighted by atomic mass is 10.2. The van der Waals surface area contributed by atoms with Gasteiger partial charge >= 0.3 is 0 Å². The summed E-state index contributed by atoms with van der Waals surface area (Å²) in [7, 11) is 1.93. The summed E-state index contributed by atoms with van der Waals surface area (Å²) in [6, 6.07) is 9.88. The molecule has 0 aliphatic heterocycles. The number of hydrogen-bond acceptors (Lipinski definition) is 3. The van der Waals surface area contributed by atoms with Crippen molar-refractivity contribution in [3.05, 3.63) is 47.8 Å². The number of para-hydroxylation sites is 1. The first-order chi connectivity index (χ1) is 8.29. The van der Waals surface area contributed by atoms with Gasteiger partial charge in [0.2, 0.25) is 0 Å². The van der Waals surface area contributed by atoms with Crippen molar-refractivity contribution in [3.8, 4) is 5.69 Å². The molecule has 0 aliphatic rings. The van der Waals surface area contributed by atoms with Gasteiger partial charge in [0.25, 0.3) is 0 Å². The highest BCUT2D eigenvalue weighted by Crippen LogP contribution is 2.06. The molecule has 0 atom stereocenters. The Balaban J connectivity index is 2.19. The monoisotopic (exact) mass is 228 g/mol. The van der Waals surface area contributed by atoms with E-state index < -0.39 is 0 Å². The molecule has 0 aliphatic carbocycles. The highest BCUT2D eigenvalue weighted by atomic mass is 15.5. The average molecular weight is 228 g/mol. The minimum Gasteiger partial charge on any atom is -0.316 e. The number of nitrogens with zero attached hydrogens (tertiary/aromatic N) is 3. The van der Waals surface area contributed by atoms with Gasteiger partial charge in [-0.1, -0.05) is 23.8 Å². The molecule has 0 spiro atoms. The fraction of sp³-hybridized carbons (Fsp3) is 0.231. The molecule has 1 aromatic heterocycles. The molecular weight excluding hydrogens is 212 g/mol. The lowest BCUT2D eigenvalue weighted by Gasteiger charge is -1.98. The predicted octanol–water partition coefficient (Wildman–Crippen LogP) is 1.89. The molecule has 4 nitrogen and oxygen atoms in total. The van der Waals surface area contributed by atoms with Crippen LogP contribution in [0.4, 0.5) is 0 Å². The maximum Gasteiger partial charge on any atom is 0.106 e. The molecule has 0 amide bonds. The topological polar surface area (TPSA) is 42.7 Å². The van der Waals surface area contributed by atoms with E-state index in [1.54, 1.807) is 11.0 Å². The zero-order valence-corrected chi connectivity index (χ0v) is 10.1. The summed E-state index contributed by atoms with van der Waals surface area (Å²) in [5, 5.41) is 11.7. The molecule has 0 saturated carbocycles. The van der Waals surface area contributed by atoms with Gasteiger partial charge in [0.05, 0.1) is 11.9 Å². The molecule has 0 saturated heterocycles. The quantitative estimate of drug-likeness (QED) is 0.869. The molecule has 0 bridgehead atoms. The summed E-state index contributed by atoms with van der Waals surface area (Å²) in [4.78, 5) is 1.64. The fourth-order valence-electron chi connectivity index (χ4n) is 1.61. The Bertz CT molecular complexity index is 499. The van der Waals surface area contributed by atoms with Crippen molar-refractivity contribution in [1.29, 1.82) is 0 Å². The van der Waals surface area contributed by atoms with Gasteiger partial charge in [-0.2, -0.15) is 9.90 Å². The second-order valence-electron chi connectivity index (χ2n) is 3.92. The first kappa shape index (κ1) is 11.5. The Labute approximate surface area is 101 Å². The smallest absolute Gasteiger partial charge is 0.106 e. The summed E-state index contributed by atoms with van der Waals surface area (Å²) < 4.78 is 0. The zero-order chi connectivity index (χ0) is 12.1. The lowest BCUT2D eigenvalue weighted by Crippen LogP contribution is -2.08. The first-order valence-corrected chi connectivity index (χ1v) is 5.59. The van der Waals surface area contributed by atoms with Crippen LogP contribution in [-0.4, -0.2) is 28.6 Å². The summed E-state index contributed by atoms with van der Waals surface area (Å²) in [5.41, 5.74) is 3.08. The van der Waals surface area contributed by atoms with Crippen LogP contribution in [0.15, 0.2) is 42.1 Å². The van der Waals surface area contributed by atoms with E-state index in [-0.39, 0.29) is 0 Å². The van der Waals surface area contributed by atoms with Crippen molar-refractivity contribution < 1.29 is 0 Å². The minimum atomic E-state index is 0.859. The summed E-state index contributed by atoms with van der Waals surface area (Å²) >= 11 is 0. The third-order valence-electron chi connectivity index (χ3n) is 2.35. The van der Waals surface area contributed by atoms with Gasteiger partial charge in [0, 0.05) is 6.54 Å². The van der Waals surface area contributed by atoms with Crippen LogP contribution < -0.4 is 5.32 Å². The zero-order valence-electron chi connectivity index (χ0n) is 10.1. The van der Waals surface area contributed by atoms with Crippen LogP contribution in [0.2, 0.25) is 0 Å². The SMILES string of the molecule is CNCC(C)=Cc1cnn(-c2ccccc2)n1. The van der Waals surface area contributed by atoms with Crippen molar-refractivity contribution in [2.75, 3.05) is 13.6 Å². The number of benzene rings is 1. The number of hydrogen-bond donors (Lipinski definition) is 1. The number of likely N-dealkylation sites (N-methyl/N-ethyl adjacent to an activating group) is 1. The highest BCUT2D eigenvalue weighted by Gasteiger charge is 2.00. The van der Waals surface area contributed by atoms with Crippen LogP contribution >= 0.6 is 0 Å². The molecule has 2 aromatic rings. The standard InChI is InChI=1S/C13H16N4/c1-11(9-14-2)8-12-10-15-17(16-12)13-6-4-3-5-7-13/h3-8,10,14H,9H2,1-2H3. The third-order valence-corrected chi connectivity index (χ3v) is 2.35. The summed E-state index contributed by atoms with van der Waals surface area (Å²) in [6.07, 6.45) is 3.80. The Morgan fingerprint density at radius 1 is 1.35 bits per heavy atom. The van der Waals surface area contributed by atoms with Crippen molar-refractivity contribution >= 4 is 6.08 Å². The van der Waals surface area contributed by atoms with E-state index in [0.29, 0.717) is 0 Å². The molecule has 1 aromatic carbocycles. The van der Waals surface area contributed by atoms with E-state index >= 15 is 0 Å². The van der Waals surface area contributed by atoms with E-state index in [0.717, 1.165) is 17.9 Å². The van der Waals surface area contributed by atoms with Crippen molar-refractivity contribution in [2.45, 2.75) is 6.92 Å². The number of aromatic nitrogens is 3. The van der Waals surface area contributed by atoms with Crippen molar-refractivity contribution in [2.24, 2.45) is 0 Å². The molecule has 88 valence electrons. The minimum absolute atomic E-state index is 0.859. The van der Waals surface area contributed by atoms with E-state index in [2.05, 4.69) is 22.4 Å². The Morgan fingerprint density at radius 3 is 2.82 bits per heavy atom. The number of nitrogens with one attached hydrogen (secondary N) is 1. The van der Waals surface area contributed by atoms with E-state index in [1.807, 2.05) is 43.5 Å². The Hall–Kier alpha value is -1.94. The third kappa shape index (κ3) is 3.01. The Morgan fingerprint density at radius 2 is 2.12 bits per heavy atom. The first-order valence-electron chi connectivity index (χ1n) is 5.59. The van der Waals surface area contributed by atoms with Crippen LogP contribution in [0.1, 0.15) is 12.6 Å². The van der Waals surface area contributed by atoms with Gasteiger partial charge in [-0.25, -0.2) is 0 Å². The average Bonchev–Trinajstić information content (AvgIpc) is 2.79. The van der Waals surface area contributed by atoms with Crippen LogP contribution in [-0.2, 0) is 0 Å². The van der Waals surface area contributed by atoms with Crippen LogP contribution in [0.3, 0.4) is 0 Å². The van der Waals surface area contributed by atoms with Gasteiger partial charge in [-0.05, 0) is 32.2 Å². The van der Waals surface area contributed by atoms with Crippen LogP contribution in [0, 0.1) is 0 Å². The maximum absolute atomic E-state index is 4.40. The van der Waals surface area contributed by atoms with E-state index in [4.69, 9.17) is 0 Å². The van der Waals surface area contributed by atoms with Gasteiger partial charge < -0.3 is 5.32 Å². The van der Waals surface area contributed by atoms with Gasteiger partial charge in [0.1, 0.15) is 5.69 Å². The second kappa shape index (κ2) is 5.41. The lowest BCUT2D eigenvalue weighted by molar-refractivity contribution is 0.750. The fourth-order valence-corrected chi connectivity index (χ4v) is 1.61. The van der Waals surface area contributed by atoms with Crippen LogP contribution in [0.25, 0.3) is 11.8 Å². The normalized spacial score (nSPS) is 11.8. The van der Waals surface area contributed by atoms with Gasteiger partial charge in [0.15, 0.2) is 0 Å². The van der Waals surface area contributed by atoms with Crippen molar-refractivity contribution in [1.82, 2.24) is 20.3 Å². The Kier molecular flexibility index (Phi) is 3.67. The van der Waals surface area contributed by atoms with Crippen molar-refractivity contribution in [3.63, 3.8) is 0 Å². The van der Waals surface area contributed by atoms with Crippen LogP contribution in [0.5, 0.6) is 0 Å². The van der Waals surface area contributed by atoms with Gasteiger partial charge in [-0.15, -0.1) is 5.10 Å². The molecule has 0 fully saturated rings. The predicted molar refractivity (Wildman–Crippen MR) is 68.9 cm³/mol. The molecule has 1 heterocycles. The molecular formula is C13H16N4. The molecule has 0 radical (unpaired) electrons. The maximum atomic E-state index is 4.40. The molecule has 17 heavy (non-hydrogen) atoms. The summed E-state index contributed by atoms with van der Waals surface area (Å²) in [6.45, 7) is 2.93. The number of rotatable bonds is 4. The molecule has 4 heteroatoms. The largest absolute Gasteiger partial charge is 0.316 e. The molecule has 2 rings (SSSR count). The van der Waals surface area contributed by atoms with E-state index in [9.17, 15) is 0 Å². The molecule has 0 unspecified atom stereocenters. The second-order valence-corrected chi connectivity index (χ2v) is 3.92.